The van der Waals surface area contributed by atoms with Crippen molar-refractivity contribution in [3.63, 3.8) is 0 Å². The molecule has 144 valence electrons. The molecule has 7 nitrogen and oxygen atoms in total. The van der Waals surface area contributed by atoms with Crippen LogP contribution in [-0.2, 0) is 18.3 Å². The Balaban J connectivity index is 1.46. The Bertz CT molecular complexity index is 955. The Hall–Kier alpha value is -3.35. The van der Waals surface area contributed by atoms with E-state index in [0.29, 0.717) is 19.4 Å². The number of aryl methyl sites for hydroxylation is 1. The van der Waals surface area contributed by atoms with Crippen LogP contribution in [0.2, 0.25) is 0 Å². The highest BCUT2D eigenvalue weighted by atomic mass is 16.7. The van der Waals surface area contributed by atoms with Gasteiger partial charge in [-0.15, -0.1) is 0 Å². The zero-order valence-electron chi connectivity index (χ0n) is 15.7. The molecule has 0 radical (unpaired) electrons. The fourth-order valence-corrected chi connectivity index (χ4v) is 3.36. The summed E-state index contributed by atoms with van der Waals surface area (Å²) in [5.41, 5.74) is 2.11. The van der Waals surface area contributed by atoms with Crippen molar-refractivity contribution in [1.82, 2.24) is 20.1 Å². The zero-order chi connectivity index (χ0) is 19.3. The number of benzene rings is 2. The summed E-state index contributed by atoms with van der Waals surface area (Å²) in [4.78, 5) is 16.8. The summed E-state index contributed by atoms with van der Waals surface area (Å²) in [7, 11) is 1.84. The van der Waals surface area contributed by atoms with Gasteiger partial charge < -0.3 is 14.8 Å². The van der Waals surface area contributed by atoms with Crippen LogP contribution < -0.4 is 14.8 Å². The van der Waals surface area contributed by atoms with Crippen LogP contribution in [0.4, 0.5) is 0 Å². The minimum atomic E-state index is -0.0643. The molecule has 1 N–H and O–H groups in total. The number of nitrogens with zero attached hydrogens (tertiary/aromatic N) is 3. The Morgan fingerprint density at radius 2 is 1.96 bits per heavy atom. The summed E-state index contributed by atoms with van der Waals surface area (Å²) in [6.45, 7) is 0.755. The third-order valence-electron chi connectivity index (χ3n) is 4.87. The van der Waals surface area contributed by atoms with Crippen LogP contribution in [0.25, 0.3) is 0 Å². The standard InChI is InChI=1S/C21H22N4O3/c1-25-20(23-13-24-25)9-10-22-21(26)12-17(15-5-3-2-4-6-15)16-7-8-18-19(11-16)28-14-27-18/h2-8,11,13,17H,9-10,12,14H2,1H3,(H,22,26). The van der Waals surface area contributed by atoms with Crippen LogP contribution in [0, 0.1) is 0 Å². The molecule has 0 spiro atoms. The highest BCUT2D eigenvalue weighted by Gasteiger charge is 2.21. The third kappa shape index (κ3) is 3.98. The van der Waals surface area contributed by atoms with E-state index in [0.717, 1.165) is 28.5 Å². The van der Waals surface area contributed by atoms with E-state index < -0.39 is 0 Å². The van der Waals surface area contributed by atoms with Gasteiger partial charge in [0.15, 0.2) is 11.5 Å². The van der Waals surface area contributed by atoms with Crippen LogP contribution in [0.5, 0.6) is 11.5 Å². The van der Waals surface area contributed by atoms with Crippen LogP contribution in [0.15, 0.2) is 54.9 Å². The minimum Gasteiger partial charge on any atom is -0.454 e. The predicted molar refractivity (Wildman–Crippen MR) is 103 cm³/mol. The molecule has 2 aromatic carbocycles. The predicted octanol–water partition coefficient (Wildman–Crippen LogP) is 2.42. The van der Waals surface area contributed by atoms with Crippen molar-refractivity contribution in [1.29, 1.82) is 0 Å². The van der Waals surface area contributed by atoms with E-state index in [1.165, 1.54) is 6.33 Å². The summed E-state index contributed by atoms with van der Waals surface area (Å²) in [5, 5.41) is 7.04. The molecule has 2 heterocycles. The number of hydrogen-bond acceptors (Lipinski definition) is 5. The van der Waals surface area contributed by atoms with Crippen molar-refractivity contribution in [2.45, 2.75) is 18.8 Å². The summed E-state index contributed by atoms with van der Waals surface area (Å²) in [6, 6.07) is 15.9. The number of fused-ring (bicyclic) bond motifs is 1. The molecule has 0 fully saturated rings. The fourth-order valence-electron chi connectivity index (χ4n) is 3.36. The lowest BCUT2D eigenvalue weighted by Gasteiger charge is -2.18. The first-order valence-electron chi connectivity index (χ1n) is 9.25. The summed E-state index contributed by atoms with van der Waals surface area (Å²) < 4.78 is 12.6. The van der Waals surface area contributed by atoms with Crippen molar-refractivity contribution in [2.24, 2.45) is 7.05 Å². The Morgan fingerprint density at radius 3 is 2.75 bits per heavy atom. The number of aromatic nitrogens is 3. The number of nitrogens with one attached hydrogen (secondary N) is 1. The fraction of sp³-hybridized carbons (Fsp3) is 0.286. The lowest BCUT2D eigenvalue weighted by atomic mass is 9.88. The van der Waals surface area contributed by atoms with E-state index in [4.69, 9.17) is 9.47 Å². The molecular weight excluding hydrogens is 356 g/mol. The van der Waals surface area contributed by atoms with Gasteiger partial charge in [-0.3, -0.25) is 9.48 Å². The average molecular weight is 378 g/mol. The molecule has 0 aliphatic carbocycles. The van der Waals surface area contributed by atoms with Gasteiger partial charge >= 0.3 is 0 Å². The van der Waals surface area contributed by atoms with Gasteiger partial charge in [0.25, 0.3) is 0 Å². The molecule has 7 heteroatoms. The molecule has 28 heavy (non-hydrogen) atoms. The molecule has 1 unspecified atom stereocenters. The molecule has 1 aliphatic heterocycles. The number of hydrogen-bond donors (Lipinski definition) is 1. The van der Waals surface area contributed by atoms with Gasteiger partial charge in [0.1, 0.15) is 12.2 Å². The van der Waals surface area contributed by atoms with Crippen molar-refractivity contribution in [3.8, 4) is 11.5 Å². The molecule has 0 bridgehead atoms. The Labute approximate surface area is 163 Å². The molecule has 3 aromatic rings. The van der Waals surface area contributed by atoms with E-state index in [1.807, 2.05) is 55.6 Å². The third-order valence-corrected chi connectivity index (χ3v) is 4.87. The topological polar surface area (TPSA) is 78.3 Å². The second kappa shape index (κ2) is 8.12. The second-order valence-corrected chi connectivity index (χ2v) is 6.68. The van der Waals surface area contributed by atoms with Gasteiger partial charge in [0.2, 0.25) is 12.7 Å². The maximum absolute atomic E-state index is 12.6. The molecular formula is C21H22N4O3. The van der Waals surface area contributed by atoms with Crippen LogP contribution in [0.1, 0.15) is 29.3 Å². The zero-order valence-corrected chi connectivity index (χ0v) is 15.7. The van der Waals surface area contributed by atoms with Gasteiger partial charge in [-0.1, -0.05) is 36.4 Å². The lowest BCUT2D eigenvalue weighted by Crippen LogP contribution is -2.28. The summed E-state index contributed by atoms with van der Waals surface area (Å²) >= 11 is 0. The second-order valence-electron chi connectivity index (χ2n) is 6.68. The molecule has 1 aliphatic rings. The van der Waals surface area contributed by atoms with Gasteiger partial charge in [-0.25, -0.2) is 4.98 Å². The average Bonchev–Trinajstić information content (AvgIpc) is 3.35. The first kappa shape index (κ1) is 18.0. The number of rotatable bonds is 7. The first-order chi connectivity index (χ1) is 13.7. The smallest absolute Gasteiger partial charge is 0.231 e. The van der Waals surface area contributed by atoms with Crippen LogP contribution >= 0.6 is 0 Å². The summed E-state index contributed by atoms with van der Waals surface area (Å²) in [6.07, 6.45) is 2.51. The molecule has 4 rings (SSSR count). The van der Waals surface area contributed by atoms with E-state index in [-0.39, 0.29) is 18.6 Å². The minimum absolute atomic E-state index is 0.00584. The Morgan fingerprint density at radius 1 is 1.14 bits per heavy atom. The van der Waals surface area contributed by atoms with Gasteiger partial charge in [-0.05, 0) is 23.3 Å². The molecule has 1 atom stereocenters. The van der Waals surface area contributed by atoms with Crippen LogP contribution in [-0.4, -0.2) is 34.0 Å². The molecule has 1 aromatic heterocycles. The highest BCUT2D eigenvalue weighted by molar-refractivity contribution is 5.77. The number of carbonyl (C=O) groups is 1. The van der Waals surface area contributed by atoms with Gasteiger partial charge in [0, 0.05) is 32.4 Å². The van der Waals surface area contributed by atoms with Crippen molar-refractivity contribution in [3.05, 3.63) is 71.8 Å². The molecule has 0 saturated carbocycles. The summed E-state index contributed by atoms with van der Waals surface area (Å²) in [5.74, 6) is 2.24. The highest BCUT2D eigenvalue weighted by Crippen LogP contribution is 2.37. The normalized spacial score (nSPS) is 13.3. The first-order valence-corrected chi connectivity index (χ1v) is 9.25. The maximum Gasteiger partial charge on any atom is 0.231 e. The van der Waals surface area contributed by atoms with E-state index in [9.17, 15) is 4.79 Å². The SMILES string of the molecule is Cn1ncnc1CCNC(=O)CC(c1ccccc1)c1ccc2c(c1)OCO2. The number of amides is 1. The van der Waals surface area contributed by atoms with E-state index in [2.05, 4.69) is 15.4 Å². The number of ether oxygens (including phenoxy) is 2. The number of carbonyl (C=O) groups excluding carboxylic acids is 1. The monoisotopic (exact) mass is 378 g/mol. The van der Waals surface area contributed by atoms with Gasteiger partial charge in [-0.2, -0.15) is 5.10 Å². The van der Waals surface area contributed by atoms with Gasteiger partial charge in [0.05, 0.1) is 0 Å². The largest absolute Gasteiger partial charge is 0.454 e. The van der Waals surface area contributed by atoms with Crippen molar-refractivity contribution < 1.29 is 14.3 Å². The lowest BCUT2D eigenvalue weighted by molar-refractivity contribution is -0.121. The quantitative estimate of drug-likeness (QED) is 0.683. The van der Waals surface area contributed by atoms with E-state index >= 15 is 0 Å². The molecule has 1 amide bonds. The van der Waals surface area contributed by atoms with Crippen LogP contribution in [0.3, 0.4) is 0 Å². The Kier molecular flexibility index (Phi) is 5.23. The maximum atomic E-state index is 12.6. The molecule has 0 saturated heterocycles. The van der Waals surface area contributed by atoms with E-state index in [1.54, 1.807) is 4.68 Å². The van der Waals surface area contributed by atoms with Crippen molar-refractivity contribution in [2.75, 3.05) is 13.3 Å². The van der Waals surface area contributed by atoms with Crippen molar-refractivity contribution >= 4 is 5.91 Å².